The molecule has 0 radical (unpaired) electrons. The van der Waals surface area contributed by atoms with Gasteiger partial charge in [-0.15, -0.1) is 11.8 Å². The van der Waals surface area contributed by atoms with Crippen LogP contribution in [-0.2, 0) is 11.3 Å². The number of hydrogen-bond acceptors (Lipinski definition) is 3. The first-order chi connectivity index (χ1) is 7.79. The third-order valence-electron chi connectivity index (χ3n) is 3.13. The van der Waals surface area contributed by atoms with E-state index in [0.29, 0.717) is 6.61 Å². The first kappa shape index (κ1) is 12.0. The highest BCUT2D eigenvalue weighted by Crippen LogP contribution is 2.22. The maximum atomic E-state index is 5.96. The summed E-state index contributed by atoms with van der Waals surface area (Å²) in [6, 6.07) is 8.78. The van der Waals surface area contributed by atoms with Crippen molar-refractivity contribution in [2.45, 2.75) is 42.9 Å². The summed E-state index contributed by atoms with van der Waals surface area (Å²) in [4.78, 5) is 1.29. The van der Waals surface area contributed by atoms with Gasteiger partial charge in [0.05, 0.1) is 12.7 Å². The van der Waals surface area contributed by atoms with Gasteiger partial charge in [0.15, 0.2) is 0 Å². The Labute approximate surface area is 102 Å². The average Bonchev–Trinajstić information content (AvgIpc) is 2.73. The summed E-state index contributed by atoms with van der Waals surface area (Å²) >= 11 is 1.76. The zero-order chi connectivity index (χ0) is 11.4. The Kier molecular flexibility index (Phi) is 4.27. The normalized spacial score (nSPS) is 24.9. The molecule has 2 rings (SSSR count). The van der Waals surface area contributed by atoms with E-state index in [1.165, 1.54) is 16.9 Å². The van der Waals surface area contributed by atoms with E-state index in [1.807, 2.05) is 0 Å². The van der Waals surface area contributed by atoms with Crippen LogP contribution in [-0.4, -0.2) is 18.4 Å². The van der Waals surface area contributed by atoms with E-state index in [0.717, 1.165) is 12.8 Å². The van der Waals surface area contributed by atoms with Gasteiger partial charge in [0.2, 0.25) is 0 Å². The number of nitrogens with two attached hydrogens (primary N) is 1. The number of benzene rings is 1. The molecule has 1 aromatic rings. The Balaban J connectivity index is 1.84. The van der Waals surface area contributed by atoms with Gasteiger partial charge >= 0.3 is 0 Å². The molecular formula is C13H19NOS. The fourth-order valence-electron chi connectivity index (χ4n) is 2.09. The Hall–Kier alpha value is -0.510. The van der Waals surface area contributed by atoms with E-state index >= 15 is 0 Å². The van der Waals surface area contributed by atoms with Crippen LogP contribution in [0.5, 0.6) is 0 Å². The number of thioether (sulfide) groups is 1. The Morgan fingerprint density at radius 2 is 2.06 bits per heavy atom. The summed E-state index contributed by atoms with van der Waals surface area (Å²) in [5, 5.41) is 0. The highest BCUT2D eigenvalue weighted by molar-refractivity contribution is 7.98. The van der Waals surface area contributed by atoms with Crippen LogP contribution in [0, 0.1) is 0 Å². The molecule has 2 N–H and O–H groups in total. The maximum absolute atomic E-state index is 5.96. The average molecular weight is 237 g/mol. The standard InChI is InChI=1S/C13H19NOS/c1-16-11-7-5-10(6-8-11)9-15-13-4-2-3-12(13)14/h5-8,12-13H,2-4,9,14H2,1H3/t12-,13-/m0/s1. The number of rotatable bonds is 4. The molecule has 1 fully saturated rings. The van der Waals surface area contributed by atoms with E-state index in [4.69, 9.17) is 10.5 Å². The lowest BCUT2D eigenvalue weighted by Gasteiger charge is -2.16. The largest absolute Gasteiger partial charge is 0.372 e. The summed E-state index contributed by atoms with van der Waals surface area (Å²) in [5.41, 5.74) is 7.19. The molecule has 1 aromatic carbocycles. The topological polar surface area (TPSA) is 35.2 Å². The first-order valence-electron chi connectivity index (χ1n) is 5.79. The summed E-state index contributed by atoms with van der Waals surface area (Å²) < 4.78 is 5.84. The zero-order valence-electron chi connectivity index (χ0n) is 9.69. The van der Waals surface area contributed by atoms with Gasteiger partial charge in [0.1, 0.15) is 0 Å². The monoisotopic (exact) mass is 237 g/mol. The van der Waals surface area contributed by atoms with E-state index in [1.54, 1.807) is 11.8 Å². The molecule has 1 saturated carbocycles. The smallest absolute Gasteiger partial charge is 0.0730 e. The third kappa shape index (κ3) is 3.00. The highest BCUT2D eigenvalue weighted by Gasteiger charge is 2.24. The lowest BCUT2D eigenvalue weighted by Crippen LogP contribution is -2.31. The Morgan fingerprint density at radius 3 is 2.62 bits per heavy atom. The van der Waals surface area contributed by atoms with Crippen molar-refractivity contribution in [1.29, 1.82) is 0 Å². The summed E-state index contributed by atoms with van der Waals surface area (Å²) in [6.45, 7) is 0.688. The molecule has 1 aliphatic rings. The van der Waals surface area contributed by atoms with Crippen LogP contribution in [0.3, 0.4) is 0 Å². The van der Waals surface area contributed by atoms with Crippen LogP contribution in [0.4, 0.5) is 0 Å². The summed E-state index contributed by atoms with van der Waals surface area (Å²) in [7, 11) is 0. The van der Waals surface area contributed by atoms with Gasteiger partial charge in [0.25, 0.3) is 0 Å². The van der Waals surface area contributed by atoms with Gasteiger partial charge in [-0.1, -0.05) is 12.1 Å². The number of ether oxygens (including phenoxy) is 1. The molecule has 3 heteroatoms. The van der Waals surface area contributed by atoms with Crippen LogP contribution < -0.4 is 5.73 Å². The molecule has 0 bridgehead atoms. The van der Waals surface area contributed by atoms with E-state index < -0.39 is 0 Å². The van der Waals surface area contributed by atoms with Gasteiger partial charge in [-0.05, 0) is 43.2 Å². The molecule has 0 unspecified atom stereocenters. The van der Waals surface area contributed by atoms with Crippen LogP contribution >= 0.6 is 11.8 Å². The molecular weight excluding hydrogens is 218 g/mol. The molecule has 0 amide bonds. The lowest BCUT2D eigenvalue weighted by molar-refractivity contribution is 0.0357. The lowest BCUT2D eigenvalue weighted by atomic mass is 10.2. The molecule has 0 spiro atoms. The van der Waals surface area contributed by atoms with E-state index in [9.17, 15) is 0 Å². The fraction of sp³-hybridized carbons (Fsp3) is 0.538. The fourth-order valence-corrected chi connectivity index (χ4v) is 2.49. The maximum Gasteiger partial charge on any atom is 0.0730 e. The Bertz CT molecular complexity index is 325. The van der Waals surface area contributed by atoms with E-state index in [2.05, 4.69) is 30.5 Å². The van der Waals surface area contributed by atoms with Crippen molar-refractivity contribution < 1.29 is 4.74 Å². The quantitative estimate of drug-likeness (QED) is 0.818. The molecule has 0 aromatic heterocycles. The van der Waals surface area contributed by atoms with Crippen LogP contribution in [0.25, 0.3) is 0 Å². The summed E-state index contributed by atoms with van der Waals surface area (Å²) in [6.07, 6.45) is 5.78. The molecule has 1 aliphatic carbocycles. The molecule has 2 nitrogen and oxygen atoms in total. The zero-order valence-corrected chi connectivity index (χ0v) is 10.5. The van der Waals surface area contributed by atoms with E-state index in [-0.39, 0.29) is 12.1 Å². The molecule has 0 heterocycles. The van der Waals surface area contributed by atoms with Crippen LogP contribution in [0.1, 0.15) is 24.8 Å². The number of hydrogen-bond donors (Lipinski definition) is 1. The second-order valence-corrected chi connectivity index (χ2v) is 5.17. The second kappa shape index (κ2) is 5.71. The molecule has 16 heavy (non-hydrogen) atoms. The molecule has 0 aliphatic heterocycles. The minimum Gasteiger partial charge on any atom is -0.372 e. The van der Waals surface area contributed by atoms with Crippen molar-refractivity contribution in [1.82, 2.24) is 0 Å². The summed E-state index contributed by atoms with van der Waals surface area (Å²) in [5.74, 6) is 0. The van der Waals surface area contributed by atoms with Crippen molar-refractivity contribution >= 4 is 11.8 Å². The molecule has 88 valence electrons. The Morgan fingerprint density at radius 1 is 1.31 bits per heavy atom. The van der Waals surface area contributed by atoms with Gasteiger partial charge < -0.3 is 10.5 Å². The predicted octanol–water partition coefficient (Wildman–Crippen LogP) is 2.80. The molecule has 2 atom stereocenters. The minimum atomic E-state index is 0.241. The van der Waals surface area contributed by atoms with Crippen molar-refractivity contribution in [3.63, 3.8) is 0 Å². The van der Waals surface area contributed by atoms with Gasteiger partial charge in [-0.2, -0.15) is 0 Å². The third-order valence-corrected chi connectivity index (χ3v) is 3.87. The van der Waals surface area contributed by atoms with Crippen LogP contribution in [0.15, 0.2) is 29.2 Å². The first-order valence-corrected chi connectivity index (χ1v) is 7.02. The van der Waals surface area contributed by atoms with Crippen molar-refractivity contribution in [2.75, 3.05) is 6.26 Å². The van der Waals surface area contributed by atoms with Gasteiger partial charge in [0, 0.05) is 10.9 Å². The molecule has 0 saturated heterocycles. The second-order valence-electron chi connectivity index (χ2n) is 4.29. The van der Waals surface area contributed by atoms with Crippen molar-refractivity contribution in [3.8, 4) is 0 Å². The SMILES string of the molecule is CSc1ccc(CO[C@H]2CCC[C@@H]2N)cc1. The van der Waals surface area contributed by atoms with Crippen LogP contribution in [0.2, 0.25) is 0 Å². The van der Waals surface area contributed by atoms with Crippen molar-refractivity contribution in [2.24, 2.45) is 5.73 Å². The predicted molar refractivity (Wildman–Crippen MR) is 68.6 cm³/mol. The highest BCUT2D eigenvalue weighted by atomic mass is 32.2. The van der Waals surface area contributed by atoms with Gasteiger partial charge in [-0.25, -0.2) is 0 Å². The van der Waals surface area contributed by atoms with Crippen molar-refractivity contribution in [3.05, 3.63) is 29.8 Å². The van der Waals surface area contributed by atoms with Gasteiger partial charge in [-0.3, -0.25) is 0 Å². The minimum absolute atomic E-state index is 0.241.